The van der Waals surface area contributed by atoms with E-state index in [-0.39, 0.29) is 41.9 Å². The Morgan fingerprint density at radius 2 is 1.75 bits per heavy atom. The van der Waals surface area contributed by atoms with Crippen molar-refractivity contribution in [2.24, 2.45) is 0 Å². The summed E-state index contributed by atoms with van der Waals surface area (Å²) in [6, 6.07) is 0. The largest absolute Gasteiger partial charge is 1.00 e. The van der Waals surface area contributed by atoms with Gasteiger partial charge in [0.1, 0.15) is 0 Å². The van der Waals surface area contributed by atoms with E-state index in [1.54, 1.807) is 0 Å². The molecule has 0 rings (SSSR count). The van der Waals surface area contributed by atoms with Crippen molar-refractivity contribution >= 4 is 11.4 Å². The Hall–Kier alpha value is 0.990. The van der Waals surface area contributed by atoms with Gasteiger partial charge in [0, 0.05) is 0 Å². The topological polar surface area (TPSA) is 110 Å². The molecule has 1 unspecified atom stereocenters. The minimum Gasteiger partial charge on any atom is -1.00 e. The molecule has 0 spiro atoms. The van der Waals surface area contributed by atoms with Crippen molar-refractivity contribution in [1.29, 1.82) is 0 Å². The molecule has 0 bridgehead atoms. The Kier molecular flexibility index (Phi) is 45.2. The van der Waals surface area contributed by atoms with Gasteiger partial charge in [0.2, 0.25) is 0 Å². The van der Waals surface area contributed by atoms with Crippen molar-refractivity contribution in [3.63, 3.8) is 0 Å². The normalized spacial score (nSPS) is 9.25. The molecule has 0 amide bonds. The molecule has 5 nitrogen and oxygen atoms in total. The average Bonchev–Trinajstić information content (AvgIpc) is 1.38. The van der Waals surface area contributed by atoms with Crippen LogP contribution in [0.4, 0.5) is 0 Å². The number of rotatable bonds is 1. The molecule has 0 saturated carbocycles. The fourth-order valence-electron chi connectivity index (χ4n) is 0. The van der Waals surface area contributed by atoms with Gasteiger partial charge in [-0.15, -0.1) is 0 Å². The third-order valence-electron chi connectivity index (χ3n) is 0.143. The van der Waals surface area contributed by atoms with Crippen LogP contribution in [0.3, 0.4) is 0 Å². The summed E-state index contributed by atoms with van der Waals surface area (Å²) in [4.78, 5) is 0. The zero-order valence-electron chi connectivity index (χ0n) is 5.67. The Bertz CT molecular complexity index is 52.2. The van der Waals surface area contributed by atoms with E-state index in [1.165, 1.54) is 0 Å². The van der Waals surface area contributed by atoms with Crippen molar-refractivity contribution < 1.29 is 54.9 Å². The maximum atomic E-state index is 9.26. The van der Waals surface area contributed by atoms with Gasteiger partial charge in [-0.2, -0.15) is 4.21 Å². The monoisotopic (exact) mass is 156 g/mol. The van der Waals surface area contributed by atoms with Crippen LogP contribution in [-0.2, 0) is 15.5 Å². The van der Waals surface area contributed by atoms with E-state index in [0.29, 0.717) is 0 Å². The molecule has 0 aliphatic rings. The predicted octanol–water partition coefficient (Wildman–Crippen LogP) is -4.76. The first-order valence-corrected chi connectivity index (χ1v) is 1.96. The van der Waals surface area contributed by atoms with Gasteiger partial charge >= 0.3 is 40.9 Å². The smallest absolute Gasteiger partial charge is 1.00 e. The second kappa shape index (κ2) is 15.7. The fraction of sp³-hybridized carbons (Fsp3) is 1.00. The zero-order chi connectivity index (χ0) is 4.28. The summed E-state index contributed by atoms with van der Waals surface area (Å²) < 4.78 is 20.6. The number of hydrogen-bond acceptors (Lipinski definition) is 2. The maximum absolute atomic E-state index is 9.26. The number of hydrogen-bond donors (Lipinski definition) is 1. The average molecular weight is 156 g/mol. The summed E-state index contributed by atoms with van der Waals surface area (Å²) >= 11 is -2.07. The summed E-state index contributed by atoms with van der Waals surface area (Å²) in [5.41, 5.74) is 0. The molecule has 1 atom stereocenters. The molecular weight excluding hydrogens is 147 g/mol. The van der Waals surface area contributed by atoms with E-state index < -0.39 is 11.4 Å². The van der Waals surface area contributed by atoms with E-state index in [2.05, 4.69) is 4.18 Å². The first-order chi connectivity index (χ1) is 2.27. The molecule has 0 radical (unpaired) electrons. The summed E-state index contributed by atoms with van der Waals surface area (Å²) in [6.07, 6.45) is 0. The Balaban J connectivity index is -0.0000000133. The van der Waals surface area contributed by atoms with Gasteiger partial charge in [-0.05, 0) is 0 Å². The van der Waals surface area contributed by atoms with Crippen molar-refractivity contribution in [3.05, 3.63) is 0 Å². The summed E-state index contributed by atoms with van der Waals surface area (Å²) in [5, 5.41) is 0. The Morgan fingerprint density at radius 3 is 1.75 bits per heavy atom. The quantitative estimate of drug-likeness (QED) is 0.304. The van der Waals surface area contributed by atoms with Crippen LogP contribution in [0.1, 0.15) is 1.43 Å². The van der Waals surface area contributed by atoms with Gasteiger partial charge in [-0.1, -0.05) is 0 Å². The van der Waals surface area contributed by atoms with Crippen LogP contribution in [0.2, 0.25) is 0 Å². The van der Waals surface area contributed by atoms with E-state index in [9.17, 15) is 4.21 Å². The van der Waals surface area contributed by atoms with E-state index in [1.807, 2.05) is 0 Å². The molecule has 0 heterocycles. The second-order valence-corrected chi connectivity index (χ2v) is 1.15. The Labute approximate surface area is 73.3 Å². The molecular formula is CH9NaO5S. The summed E-state index contributed by atoms with van der Waals surface area (Å²) in [6.45, 7) is 0. The molecule has 7 heteroatoms. The van der Waals surface area contributed by atoms with Gasteiger partial charge in [0.25, 0.3) is 0 Å². The molecule has 0 aliphatic heterocycles. The maximum Gasteiger partial charge on any atom is 1.00 e. The fourth-order valence-corrected chi connectivity index (χ4v) is 0. The van der Waals surface area contributed by atoms with Gasteiger partial charge in [0.05, 0.1) is 7.11 Å². The third-order valence-corrected chi connectivity index (χ3v) is 0.428. The molecule has 0 saturated heterocycles. The second-order valence-electron chi connectivity index (χ2n) is 0.384. The van der Waals surface area contributed by atoms with Crippen LogP contribution >= 0.6 is 0 Å². The van der Waals surface area contributed by atoms with Gasteiger partial charge in [-0.3, -0.25) is 8.74 Å². The Morgan fingerprint density at radius 1 is 1.62 bits per heavy atom. The minimum atomic E-state index is -2.07. The molecule has 0 aromatic carbocycles. The first-order valence-electron chi connectivity index (χ1n) is 0.924. The van der Waals surface area contributed by atoms with Crippen LogP contribution in [0.5, 0.6) is 0 Å². The van der Waals surface area contributed by atoms with E-state index >= 15 is 0 Å². The van der Waals surface area contributed by atoms with Gasteiger partial charge in [-0.25, -0.2) is 0 Å². The predicted molar refractivity (Wildman–Crippen MR) is 26.1 cm³/mol. The van der Waals surface area contributed by atoms with Crippen LogP contribution in [0.15, 0.2) is 0 Å². The van der Waals surface area contributed by atoms with E-state index in [0.717, 1.165) is 7.11 Å². The van der Waals surface area contributed by atoms with Gasteiger partial charge in [0.15, 0.2) is 0 Å². The third kappa shape index (κ3) is 28.1. The molecule has 0 aliphatic carbocycles. The van der Waals surface area contributed by atoms with E-state index in [4.69, 9.17) is 4.55 Å². The van der Waals surface area contributed by atoms with Crippen LogP contribution in [-0.4, -0.2) is 26.8 Å². The van der Waals surface area contributed by atoms with Crippen molar-refractivity contribution in [2.45, 2.75) is 0 Å². The standard InChI is InChI=1S/CH4O3S.Na.2H2O.H/c1-4-5(2)3;;;;/h1H3,(H,2,3);;2*1H2;/q;+1;;;-1. The molecule has 5 N–H and O–H groups in total. The van der Waals surface area contributed by atoms with Crippen molar-refractivity contribution in [3.8, 4) is 0 Å². The molecule has 0 aromatic rings. The van der Waals surface area contributed by atoms with Crippen LogP contribution < -0.4 is 29.6 Å². The minimum absolute atomic E-state index is 0. The van der Waals surface area contributed by atoms with Crippen molar-refractivity contribution in [1.82, 2.24) is 0 Å². The molecule has 0 aromatic heterocycles. The van der Waals surface area contributed by atoms with Crippen molar-refractivity contribution in [2.75, 3.05) is 7.11 Å². The summed E-state index contributed by atoms with van der Waals surface area (Å²) in [7, 11) is 1.15. The summed E-state index contributed by atoms with van der Waals surface area (Å²) in [5.74, 6) is 0. The van der Waals surface area contributed by atoms with Crippen LogP contribution in [0.25, 0.3) is 0 Å². The molecule has 8 heavy (non-hydrogen) atoms. The molecule has 50 valence electrons. The zero-order valence-corrected chi connectivity index (χ0v) is 7.49. The SMILES string of the molecule is COS(=O)O.O.O.[H-].[Na+]. The van der Waals surface area contributed by atoms with Gasteiger partial charge < -0.3 is 12.4 Å². The first kappa shape index (κ1) is 23.0. The molecule has 0 fully saturated rings. The van der Waals surface area contributed by atoms with Crippen LogP contribution in [0, 0.1) is 0 Å².